The molecule has 1 aromatic carbocycles. The van der Waals surface area contributed by atoms with Crippen LogP contribution in [-0.4, -0.2) is 29.3 Å². The third-order valence-corrected chi connectivity index (χ3v) is 3.27. The SMILES string of the molecule is COc1ccc(Cn2ccn(CC(=O)[O-])c(=O)c2=O)c(OC)c1. The number of hydrogen-bond donors (Lipinski definition) is 0. The van der Waals surface area contributed by atoms with Crippen molar-refractivity contribution in [2.75, 3.05) is 14.2 Å². The van der Waals surface area contributed by atoms with E-state index in [0.29, 0.717) is 17.1 Å². The topological polar surface area (TPSA) is 103 Å². The predicted octanol–water partition coefficient (Wildman–Crippen LogP) is -1.17. The van der Waals surface area contributed by atoms with Crippen molar-refractivity contribution in [3.8, 4) is 11.5 Å². The maximum absolute atomic E-state index is 12.0. The number of aromatic nitrogens is 2. The first-order chi connectivity index (χ1) is 11.0. The number of aliphatic carboxylic acids is 1. The highest BCUT2D eigenvalue weighted by atomic mass is 16.5. The van der Waals surface area contributed by atoms with Gasteiger partial charge in [0.25, 0.3) is 0 Å². The molecule has 1 aromatic heterocycles. The van der Waals surface area contributed by atoms with E-state index in [1.807, 2.05) is 0 Å². The lowest BCUT2D eigenvalue weighted by molar-refractivity contribution is -0.306. The summed E-state index contributed by atoms with van der Waals surface area (Å²) in [6.45, 7) is -0.561. The number of hydrogen-bond acceptors (Lipinski definition) is 6. The Hall–Kier alpha value is -3.03. The van der Waals surface area contributed by atoms with E-state index in [0.717, 1.165) is 4.57 Å². The normalized spacial score (nSPS) is 10.3. The number of ether oxygens (including phenoxy) is 2. The van der Waals surface area contributed by atoms with Crippen molar-refractivity contribution in [3.05, 3.63) is 56.9 Å². The molecule has 23 heavy (non-hydrogen) atoms. The van der Waals surface area contributed by atoms with Gasteiger partial charge in [0.05, 0.1) is 33.3 Å². The van der Waals surface area contributed by atoms with Crippen LogP contribution in [0, 0.1) is 0 Å². The Bertz CT molecular complexity index is 837. The molecule has 0 aliphatic carbocycles. The molecule has 0 spiro atoms. The molecule has 0 atom stereocenters. The van der Waals surface area contributed by atoms with Crippen LogP contribution < -0.4 is 25.7 Å². The fourth-order valence-corrected chi connectivity index (χ4v) is 2.10. The second-order valence-electron chi connectivity index (χ2n) is 4.71. The lowest BCUT2D eigenvalue weighted by Crippen LogP contribution is -2.43. The van der Waals surface area contributed by atoms with Gasteiger partial charge in [0, 0.05) is 24.0 Å². The standard InChI is InChI=1S/C15H16N2O6/c1-22-11-4-3-10(12(7-11)23-2)8-16-5-6-17(9-13(18)19)15(21)14(16)20/h3-7H,8-9H2,1-2H3,(H,18,19)/p-1. The maximum atomic E-state index is 12.0. The molecule has 8 heteroatoms. The molecule has 0 saturated carbocycles. The number of carbonyl (C=O) groups excluding carboxylic acids is 1. The van der Waals surface area contributed by atoms with Crippen LogP contribution in [0.4, 0.5) is 0 Å². The molecule has 0 N–H and O–H groups in total. The average molecular weight is 319 g/mol. The fourth-order valence-electron chi connectivity index (χ4n) is 2.10. The number of methoxy groups -OCH3 is 2. The van der Waals surface area contributed by atoms with Crippen LogP contribution in [0.3, 0.4) is 0 Å². The summed E-state index contributed by atoms with van der Waals surface area (Å²) in [7, 11) is 3.01. The fraction of sp³-hybridized carbons (Fsp3) is 0.267. The third kappa shape index (κ3) is 3.60. The largest absolute Gasteiger partial charge is 0.548 e. The molecule has 0 amide bonds. The molecule has 1 heterocycles. The molecule has 122 valence electrons. The highest BCUT2D eigenvalue weighted by Crippen LogP contribution is 2.24. The van der Waals surface area contributed by atoms with Crippen LogP contribution in [0.2, 0.25) is 0 Å². The van der Waals surface area contributed by atoms with E-state index in [2.05, 4.69) is 0 Å². The molecule has 0 radical (unpaired) electrons. The van der Waals surface area contributed by atoms with Gasteiger partial charge in [-0.25, -0.2) is 0 Å². The average Bonchev–Trinajstić information content (AvgIpc) is 2.54. The monoisotopic (exact) mass is 319 g/mol. The zero-order chi connectivity index (χ0) is 17.0. The summed E-state index contributed by atoms with van der Waals surface area (Å²) in [5, 5.41) is 10.5. The lowest BCUT2D eigenvalue weighted by Gasteiger charge is -2.13. The molecular formula is C15H15N2O6-. The van der Waals surface area contributed by atoms with E-state index in [-0.39, 0.29) is 6.54 Å². The number of carboxylic acids is 1. The summed E-state index contributed by atoms with van der Waals surface area (Å²) in [5.74, 6) is -0.335. The number of carboxylic acid groups (broad SMARTS) is 1. The molecule has 0 saturated heterocycles. The van der Waals surface area contributed by atoms with Crippen LogP contribution in [0.15, 0.2) is 40.2 Å². The van der Waals surface area contributed by atoms with E-state index in [1.165, 1.54) is 31.2 Å². The van der Waals surface area contributed by atoms with E-state index in [4.69, 9.17) is 9.47 Å². The summed E-state index contributed by atoms with van der Waals surface area (Å²) >= 11 is 0. The van der Waals surface area contributed by atoms with Crippen LogP contribution in [0.1, 0.15) is 5.56 Å². The van der Waals surface area contributed by atoms with Crippen molar-refractivity contribution in [1.29, 1.82) is 0 Å². The smallest absolute Gasteiger partial charge is 0.316 e. The van der Waals surface area contributed by atoms with Crippen molar-refractivity contribution < 1.29 is 19.4 Å². The second-order valence-corrected chi connectivity index (χ2v) is 4.71. The number of benzene rings is 1. The summed E-state index contributed by atoms with van der Waals surface area (Å²) in [6, 6.07) is 5.09. The number of rotatable bonds is 6. The Labute approximate surface area is 131 Å². The first-order valence-electron chi connectivity index (χ1n) is 6.67. The third-order valence-electron chi connectivity index (χ3n) is 3.27. The van der Waals surface area contributed by atoms with Gasteiger partial charge >= 0.3 is 11.1 Å². The van der Waals surface area contributed by atoms with Crippen molar-refractivity contribution in [2.45, 2.75) is 13.1 Å². The quantitative estimate of drug-likeness (QED) is 0.621. The lowest BCUT2D eigenvalue weighted by atomic mass is 10.2. The summed E-state index contributed by atoms with van der Waals surface area (Å²) in [5.41, 5.74) is -1.08. The zero-order valence-electron chi connectivity index (χ0n) is 12.6. The van der Waals surface area contributed by atoms with E-state index in [1.54, 1.807) is 18.2 Å². The van der Waals surface area contributed by atoms with Crippen LogP contribution in [0.5, 0.6) is 11.5 Å². The Kier molecular flexibility index (Phi) is 4.85. The van der Waals surface area contributed by atoms with Crippen LogP contribution in [0.25, 0.3) is 0 Å². The number of nitrogens with zero attached hydrogens (tertiary/aromatic N) is 2. The van der Waals surface area contributed by atoms with Crippen LogP contribution in [-0.2, 0) is 17.9 Å². The molecule has 0 aliphatic rings. The first-order valence-corrected chi connectivity index (χ1v) is 6.67. The van der Waals surface area contributed by atoms with Crippen molar-refractivity contribution in [2.24, 2.45) is 0 Å². The first kappa shape index (κ1) is 16.3. The molecule has 2 rings (SSSR count). The van der Waals surface area contributed by atoms with Gasteiger partial charge < -0.3 is 28.5 Å². The number of carbonyl (C=O) groups is 1. The molecular weight excluding hydrogens is 304 g/mol. The van der Waals surface area contributed by atoms with Gasteiger partial charge in [-0.2, -0.15) is 0 Å². The van der Waals surface area contributed by atoms with Crippen molar-refractivity contribution >= 4 is 5.97 Å². The van der Waals surface area contributed by atoms with Gasteiger partial charge in [-0.3, -0.25) is 9.59 Å². The van der Waals surface area contributed by atoms with Gasteiger partial charge in [0.15, 0.2) is 0 Å². The summed E-state index contributed by atoms with van der Waals surface area (Å²) < 4.78 is 12.3. The van der Waals surface area contributed by atoms with Gasteiger partial charge in [-0.1, -0.05) is 0 Å². The molecule has 2 aromatic rings. The van der Waals surface area contributed by atoms with Gasteiger partial charge in [-0.15, -0.1) is 0 Å². The Morgan fingerprint density at radius 2 is 1.74 bits per heavy atom. The van der Waals surface area contributed by atoms with Crippen LogP contribution >= 0.6 is 0 Å². The van der Waals surface area contributed by atoms with Gasteiger partial charge in [-0.05, 0) is 12.1 Å². The molecule has 0 fully saturated rings. The Morgan fingerprint density at radius 1 is 1.09 bits per heavy atom. The van der Waals surface area contributed by atoms with E-state index in [9.17, 15) is 19.5 Å². The summed E-state index contributed by atoms with van der Waals surface area (Å²) in [4.78, 5) is 34.5. The van der Waals surface area contributed by atoms with E-state index >= 15 is 0 Å². The van der Waals surface area contributed by atoms with E-state index < -0.39 is 23.6 Å². The molecule has 8 nitrogen and oxygen atoms in total. The minimum absolute atomic E-state index is 0.105. The molecule has 0 unspecified atom stereocenters. The maximum Gasteiger partial charge on any atom is 0.316 e. The van der Waals surface area contributed by atoms with Gasteiger partial charge in [0.2, 0.25) is 0 Å². The minimum Gasteiger partial charge on any atom is -0.548 e. The van der Waals surface area contributed by atoms with Crippen molar-refractivity contribution in [3.63, 3.8) is 0 Å². The highest BCUT2D eigenvalue weighted by Gasteiger charge is 2.09. The van der Waals surface area contributed by atoms with Gasteiger partial charge in [0.1, 0.15) is 11.5 Å². The predicted molar refractivity (Wildman–Crippen MR) is 78.6 cm³/mol. The zero-order valence-corrected chi connectivity index (χ0v) is 12.6. The second kappa shape index (κ2) is 6.82. The molecule has 0 bridgehead atoms. The molecule has 0 aliphatic heterocycles. The Morgan fingerprint density at radius 3 is 2.35 bits per heavy atom. The highest BCUT2D eigenvalue weighted by molar-refractivity contribution is 5.63. The summed E-state index contributed by atoms with van der Waals surface area (Å²) in [6.07, 6.45) is 2.58. The van der Waals surface area contributed by atoms with Crippen molar-refractivity contribution in [1.82, 2.24) is 9.13 Å². The Balaban J connectivity index is 2.38. The minimum atomic E-state index is -1.44.